The molecule has 29 heavy (non-hydrogen) atoms. The molecule has 5 rings (SSSR count). The molecule has 0 amide bonds. The highest BCUT2D eigenvalue weighted by molar-refractivity contribution is 6.43. The van der Waals surface area contributed by atoms with Gasteiger partial charge in [-0.25, -0.2) is 9.97 Å². The zero-order valence-corrected chi connectivity index (χ0v) is 17.5. The lowest BCUT2D eigenvalue weighted by atomic mass is 9.74. The summed E-state index contributed by atoms with van der Waals surface area (Å²) >= 11 is 12.4. The monoisotopic (exact) mass is 431 g/mol. The van der Waals surface area contributed by atoms with E-state index in [-0.39, 0.29) is 0 Å². The fourth-order valence-corrected chi connectivity index (χ4v) is 5.12. The molecule has 1 aliphatic heterocycles. The fraction of sp³-hybridized carbons (Fsp3) is 0.450. The minimum atomic E-state index is 0.322. The van der Waals surface area contributed by atoms with Crippen LogP contribution < -0.4 is 16.0 Å². The molecule has 2 fully saturated rings. The lowest BCUT2D eigenvalue weighted by Crippen LogP contribution is -2.47. The van der Waals surface area contributed by atoms with Crippen LogP contribution in [-0.2, 0) is 0 Å². The number of aromatic nitrogens is 4. The van der Waals surface area contributed by atoms with Gasteiger partial charge in [0.05, 0.1) is 28.1 Å². The lowest BCUT2D eigenvalue weighted by Gasteiger charge is -2.42. The van der Waals surface area contributed by atoms with Crippen LogP contribution in [-0.4, -0.2) is 38.5 Å². The average molecular weight is 432 g/mol. The molecule has 1 saturated heterocycles. The molecule has 1 atom stereocenters. The molecule has 3 aromatic rings. The lowest BCUT2D eigenvalue weighted by molar-refractivity contribution is 0.197. The maximum Gasteiger partial charge on any atom is 0.211 e. The highest BCUT2D eigenvalue weighted by Gasteiger charge is 2.43. The number of rotatable bonds is 3. The Balaban J connectivity index is 1.42. The Kier molecular flexibility index (Phi) is 4.76. The van der Waals surface area contributed by atoms with Crippen molar-refractivity contribution in [3.63, 3.8) is 0 Å². The van der Waals surface area contributed by atoms with Crippen molar-refractivity contribution >= 4 is 46.2 Å². The number of nitrogens with two attached hydrogens (primary N) is 1. The summed E-state index contributed by atoms with van der Waals surface area (Å²) in [6.45, 7) is 1.93. The van der Waals surface area contributed by atoms with Crippen molar-refractivity contribution < 1.29 is 0 Å². The van der Waals surface area contributed by atoms with E-state index in [9.17, 15) is 0 Å². The van der Waals surface area contributed by atoms with Crippen molar-refractivity contribution in [1.82, 2.24) is 19.4 Å². The molecular weight excluding hydrogens is 409 g/mol. The van der Waals surface area contributed by atoms with Crippen LogP contribution in [0, 0.1) is 5.41 Å². The SMILES string of the molecule is N[C@@H]1CCCC12CCN(c1ncc(Nc3cncc(Cl)c3Cl)c3nccn13)CC2. The molecule has 152 valence electrons. The molecular formula is C20H23Cl2N7. The summed E-state index contributed by atoms with van der Waals surface area (Å²) < 4.78 is 2.01. The second-order valence-corrected chi connectivity index (χ2v) is 8.83. The van der Waals surface area contributed by atoms with Gasteiger partial charge in [-0.1, -0.05) is 29.6 Å². The standard InChI is InChI=1S/C20H23Cl2N7/c21-13-10-24-11-14(17(13)22)27-15-12-26-19(29-9-6-25-18(15)29)28-7-4-20(5-8-28)3-1-2-16(20)23/h6,9-12,16,27H,1-5,7-8,23H2/t16-/m1/s1. The van der Waals surface area contributed by atoms with Gasteiger partial charge >= 0.3 is 0 Å². The fourth-order valence-electron chi connectivity index (χ4n) is 4.82. The number of fused-ring (bicyclic) bond motifs is 1. The number of nitrogens with one attached hydrogen (secondary N) is 1. The van der Waals surface area contributed by atoms with Gasteiger partial charge < -0.3 is 16.0 Å². The van der Waals surface area contributed by atoms with Crippen LogP contribution in [0.4, 0.5) is 17.3 Å². The van der Waals surface area contributed by atoms with E-state index < -0.39 is 0 Å². The molecule has 1 aliphatic carbocycles. The third kappa shape index (κ3) is 3.21. The predicted molar refractivity (Wildman–Crippen MR) is 116 cm³/mol. The molecule has 9 heteroatoms. The van der Waals surface area contributed by atoms with Crippen molar-refractivity contribution in [2.45, 2.75) is 38.1 Å². The third-order valence-electron chi connectivity index (χ3n) is 6.53. The Hall–Kier alpha value is -2.09. The van der Waals surface area contributed by atoms with Crippen LogP contribution in [0.2, 0.25) is 10.0 Å². The van der Waals surface area contributed by atoms with E-state index >= 15 is 0 Å². The first-order valence-electron chi connectivity index (χ1n) is 9.96. The number of anilines is 3. The second-order valence-electron chi connectivity index (χ2n) is 8.05. The number of nitrogens with zero attached hydrogens (tertiary/aromatic N) is 5. The van der Waals surface area contributed by atoms with Crippen LogP contribution in [0.3, 0.4) is 0 Å². The van der Waals surface area contributed by atoms with Gasteiger partial charge in [0.1, 0.15) is 5.69 Å². The van der Waals surface area contributed by atoms with E-state index in [0.29, 0.717) is 27.2 Å². The summed E-state index contributed by atoms with van der Waals surface area (Å²) in [5.74, 6) is 0.903. The first-order valence-corrected chi connectivity index (χ1v) is 10.7. The number of halogens is 2. The van der Waals surface area contributed by atoms with Gasteiger partial charge in [-0.3, -0.25) is 9.38 Å². The molecule has 7 nitrogen and oxygen atoms in total. The number of piperidine rings is 1. The highest BCUT2D eigenvalue weighted by Crippen LogP contribution is 2.46. The van der Waals surface area contributed by atoms with Crippen LogP contribution in [0.1, 0.15) is 32.1 Å². The van der Waals surface area contributed by atoms with Crippen molar-refractivity contribution in [3.8, 4) is 0 Å². The molecule has 1 saturated carbocycles. The van der Waals surface area contributed by atoms with E-state index in [2.05, 4.69) is 20.2 Å². The van der Waals surface area contributed by atoms with E-state index in [0.717, 1.165) is 49.6 Å². The van der Waals surface area contributed by atoms with Crippen molar-refractivity contribution in [3.05, 3.63) is 41.0 Å². The van der Waals surface area contributed by atoms with Crippen LogP contribution in [0.15, 0.2) is 31.0 Å². The molecule has 0 aromatic carbocycles. The third-order valence-corrected chi connectivity index (χ3v) is 7.32. The van der Waals surface area contributed by atoms with Gasteiger partial charge in [-0.05, 0) is 31.1 Å². The molecule has 3 aromatic heterocycles. The normalized spacial score (nSPS) is 21.2. The van der Waals surface area contributed by atoms with Crippen molar-refractivity contribution in [2.75, 3.05) is 23.3 Å². The summed E-state index contributed by atoms with van der Waals surface area (Å²) in [7, 11) is 0. The van der Waals surface area contributed by atoms with Crippen molar-refractivity contribution in [2.24, 2.45) is 11.1 Å². The summed E-state index contributed by atoms with van der Waals surface area (Å²) in [5, 5.41) is 4.08. The Morgan fingerprint density at radius 1 is 1.07 bits per heavy atom. The van der Waals surface area contributed by atoms with Gasteiger partial charge in [-0.2, -0.15) is 0 Å². The Bertz CT molecular complexity index is 1040. The van der Waals surface area contributed by atoms with Gasteiger partial charge in [0.2, 0.25) is 5.95 Å². The van der Waals surface area contributed by atoms with Gasteiger partial charge in [0.25, 0.3) is 0 Å². The largest absolute Gasteiger partial charge is 0.349 e. The highest BCUT2D eigenvalue weighted by atomic mass is 35.5. The van der Waals surface area contributed by atoms with Crippen LogP contribution in [0.5, 0.6) is 0 Å². The summed E-state index contributed by atoms with van der Waals surface area (Å²) in [5.41, 5.74) is 8.90. The maximum absolute atomic E-state index is 6.44. The molecule has 1 spiro atoms. The van der Waals surface area contributed by atoms with E-state index in [1.165, 1.54) is 19.0 Å². The first kappa shape index (κ1) is 18.9. The minimum Gasteiger partial charge on any atom is -0.349 e. The Labute approximate surface area is 179 Å². The maximum atomic E-state index is 6.44. The van der Waals surface area contributed by atoms with Crippen LogP contribution >= 0.6 is 23.2 Å². The molecule has 0 radical (unpaired) electrons. The molecule has 3 N–H and O–H groups in total. The smallest absolute Gasteiger partial charge is 0.211 e. The second kappa shape index (κ2) is 7.31. The Morgan fingerprint density at radius 2 is 1.90 bits per heavy atom. The molecule has 4 heterocycles. The van der Waals surface area contributed by atoms with Crippen molar-refractivity contribution in [1.29, 1.82) is 0 Å². The van der Waals surface area contributed by atoms with E-state index in [4.69, 9.17) is 33.9 Å². The number of pyridine rings is 1. The molecule has 2 aliphatic rings. The van der Waals surface area contributed by atoms with E-state index in [1.54, 1.807) is 18.6 Å². The predicted octanol–water partition coefficient (Wildman–Crippen LogP) is 4.27. The first-order chi connectivity index (χ1) is 14.1. The zero-order valence-electron chi connectivity index (χ0n) is 16.0. The zero-order chi connectivity index (χ0) is 20.0. The topological polar surface area (TPSA) is 84.4 Å². The number of hydrogen-bond acceptors (Lipinski definition) is 6. The minimum absolute atomic E-state index is 0.322. The van der Waals surface area contributed by atoms with Gasteiger partial charge in [0, 0.05) is 37.7 Å². The molecule has 0 bridgehead atoms. The quantitative estimate of drug-likeness (QED) is 0.643. The number of hydrogen-bond donors (Lipinski definition) is 2. The Morgan fingerprint density at radius 3 is 2.66 bits per heavy atom. The van der Waals surface area contributed by atoms with E-state index in [1.807, 2.05) is 10.6 Å². The molecule has 0 unspecified atom stereocenters. The average Bonchev–Trinajstić information content (AvgIpc) is 3.35. The summed E-state index contributed by atoms with van der Waals surface area (Å²) in [6, 6.07) is 0.341. The van der Waals surface area contributed by atoms with Crippen LogP contribution in [0.25, 0.3) is 5.65 Å². The summed E-state index contributed by atoms with van der Waals surface area (Å²) in [4.78, 5) is 15.7. The number of imidazole rings is 1. The van der Waals surface area contributed by atoms with Gasteiger partial charge in [0.15, 0.2) is 5.65 Å². The summed E-state index contributed by atoms with van der Waals surface area (Å²) in [6.07, 6.45) is 14.6. The van der Waals surface area contributed by atoms with Gasteiger partial charge in [-0.15, -0.1) is 0 Å².